The lowest BCUT2D eigenvalue weighted by atomic mass is 10.2. The average molecular weight is 218 g/mol. The Morgan fingerprint density at radius 3 is 2.81 bits per heavy atom. The zero-order valence-corrected chi connectivity index (χ0v) is 9.65. The van der Waals surface area contributed by atoms with Crippen molar-refractivity contribution in [1.82, 2.24) is 9.78 Å². The summed E-state index contributed by atoms with van der Waals surface area (Å²) in [5.41, 5.74) is 1.82. The SMILES string of the molecule is CCC(=O)c1ccc(-c2cn(C)nc2C)o1. The normalized spacial score (nSPS) is 10.7. The molecule has 0 bridgehead atoms. The summed E-state index contributed by atoms with van der Waals surface area (Å²) in [5, 5.41) is 4.23. The third kappa shape index (κ3) is 1.78. The molecule has 2 aromatic rings. The van der Waals surface area contributed by atoms with Gasteiger partial charge in [-0.25, -0.2) is 0 Å². The molecule has 4 heteroatoms. The van der Waals surface area contributed by atoms with Crippen molar-refractivity contribution in [2.24, 2.45) is 7.05 Å². The molecule has 0 spiro atoms. The number of aromatic nitrogens is 2. The average Bonchev–Trinajstić information content (AvgIpc) is 2.83. The minimum atomic E-state index is 0.0211. The predicted molar refractivity (Wildman–Crippen MR) is 60.3 cm³/mol. The van der Waals surface area contributed by atoms with E-state index in [4.69, 9.17) is 4.42 Å². The van der Waals surface area contributed by atoms with Crippen LogP contribution in [0.2, 0.25) is 0 Å². The first kappa shape index (κ1) is 10.7. The summed E-state index contributed by atoms with van der Waals surface area (Å²) in [6.45, 7) is 3.74. The van der Waals surface area contributed by atoms with Crippen molar-refractivity contribution in [3.8, 4) is 11.3 Å². The van der Waals surface area contributed by atoms with Gasteiger partial charge in [0.15, 0.2) is 11.5 Å². The van der Waals surface area contributed by atoms with Gasteiger partial charge < -0.3 is 4.42 Å². The minimum Gasteiger partial charge on any atom is -0.453 e. The van der Waals surface area contributed by atoms with Crippen LogP contribution in [-0.4, -0.2) is 15.6 Å². The highest BCUT2D eigenvalue weighted by atomic mass is 16.3. The van der Waals surface area contributed by atoms with Crippen LogP contribution in [0.5, 0.6) is 0 Å². The molecule has 0 N–H and O–H groups in total. The zero-order valence-electron chi connectivity index (χ0n) is 9.65. The highest BCUT2D eigenvalue weighted by Gasteiger charge is 2.13. The fourth-order valence-corrected chi connectivity index (χ4v) is 1.65. The minimum absolute atomic E-state index is 0.0211. The van der Waals surface area contributed by atoms with E-state index in [1.165, 1.54) is 0 Å². The number of Topliss-reactive ketones (excluding diaryl/α,β-unsaturated/α-hetero) is 1. The molecule has 0 atom stereocenters. The molecule has 0 amide bonds. The summed E-state index contributed by atoms with van der Waals surface area (Å²) in [4.78, 5) is 11.4. The summed E-state index contributed by atoms with van der Waals surface area (Å²) in [6.07, 6.45) is 2.34. The molecular weight excluding hydrogens is 204 g/mol. The van der Waals surface area contributed by atoms with Crippen molar-refractivity contribution in [3.63, 3.8) is 0 Å². The largest absolute Gasteiger partial charge is 0.453 e. The van der Waals surface area contributed by atoms with Gasteiger partial charge in [0.05, 0.1) is 11.3 Å². The topological polar surface area (TPSA) is 48.0 Å². The second kappa shape index (κ2) is 3.96. The number of carbonyl (C=O) groups excluding carboxylic acids is 1. The zero-order chi connectivity index (χ0) is 11.7. The number of nitrogens with zero attached hydrogens (tertiary/aromatic N) is 2. The third-order valence-corrected chi connectivity index (χ3v) is 2.48. The van der Waals surface area contributed by atoms with Gasteiger partial charge in [-0.15, -0.1) is 0 Å². The molecule has 0 aliphatic carbocycles. The van der Waals surface area contributed by atoms with Crippen LogP contribution in [0.25, 0.3) is 11.3 Å². The van der Waals surface area contributed by atoms with Gasteiger partial charge in [0, 0.05) is 19.7 Å². The number of hydrogen-bond acceptors (Lipinski definition) is 3. The van der Waals surface area contributed by atoms with Gasteiger partial charge in [0.2, 0.25) is 0 Å². The van der Waals surface area contributed by atoms with E-state index < -0.39 is 0 Å². The molecular formula is C12H14N2O2. The number of carbonyl (C=O) groups is 1. The number of aryl methyl sites for hydroxylation is 2. The lowest BCUT2D eigenvalue weighted by Gasteiger charge is -1.93. The Bertz CT molecular complexity index is 523. The molecule has 0 fully saturated rings. The Morgan fingerprint density at radius 2 is 2.25 bits per heavy atom. The Hall–Kier alpha value is -1.84. The Morgan fingerprint density at radius 1 is 1.50 bits per heavy atom. The van der Waals surface area contributed by atoms with E-state index in [0.717, 1.165) is 11.3 Å². The number of hydrogen-bond donors (Lipinski definition) is 0. The molecule has 0 saturated carbocycles. The molecule has 0 aliphatic rings. The van der Waals surface area contributed by atoms with Crippen molar-refractivity contribution >= 4 is 5.78 Å². The molecule has 0 aromatic carbocycles. The molecule has 84 valence electrons. The van der Waals surface area contributed by atoms with E-state index in [0.29, 0.717) is 17.9 Å². The van der Waals surface area contributed by atoms with Gasteiger partial charge in [0.25, 0.3) is 0 Å². The molecule has 0 aliphatic heterocycles. The number of ketones is 1. The van der Waals surface area contributed by atoms with Gasteiger partial charge >= 0.3 is 0 Å². The standard InChI is InChI=1S/C12H14N2O2/c1-4-10(15)12-6-5-11(16-12)9-7-14(3)13-8(9)2/h5-7H,4H2,1-3H3. The van der Waals surface area contributed by atoms with Gasteiger partial charge in [0.1, 0.15) is 5.76 Å². The first-order chi connectivity index (χ1) is 7.61. The smallest absolute Gasteiger partial charge is 0.197 e. The molecule has 16 heavy (non-hydrogen) atoms. The second-order valence-corrected chi connectivity index (χ2v) is 3.74. The van der Waals surface area contributed by atoms with E-state index in [1.54, 1.807) is 10.7 Å². The van der Waals surface area contributed by atoms with Crippen LogP contribution >= 0.6 is 0 Å². The fourth-order valence-electron chi connectivity index (χ4n) is 1.65. The fraction of sp³-hybridized carbons (Fsp3) is 0.333. The quantitative estimate of drug-likeness (QED) is 0.744. The summed E-state index contributed by atoms with van der Waals surface area (Å²) in [7, 11) is 1.86. The highest BCUT2D eigenvalue weighted by molar-refractivity contribution is 5.93. The molecule has 2 aromatic heterocycles. The summed E-state index contributed by atoms with van der Waals surface area (Å²) >= 11 is 0. The third-order valence-electron chi connectivity index (χ3n) is 2.48. The van der Waals surface area contributed by atoms with E-state index in [-0.39, 0.29) is 5.78 Å². The predicted octanol–water partition coefficient (Wildman–Crippen LogP) is 2.58. The molecule has 2 heterocycles. The van der Waals surface area contributed by atoms with E-state index >= 15 is 0 Å². The van der Waals surface area contributed by atoms with Gasteiger partial charge in [-0.2, -0.15) is 5.10 Å². The maximum atomic E-state index is 11.4. The lowest BCUT2D eigenvalue weighted by Crippen LogP contribution is -1.92. The van der Waals surface area contributed by atoms with E-state index in [2.05, 4.69) is 5.10 Å². The van der Waals surface area contributed by atoms with Crippen molar-refractivity contribution in [1.29, 1.82) is 0 Å². The first-order valence-corrected chi connectivity index (χ1v) is 5.25. The molecule has 0 unspecified atom stereocenters. The van der Waals surface area contributed by atoms with Crippen LogP contribution in [0.3, 0.4) is 0 Å². The molecule has 2 rings (SSSR count). The van der Waals surface area contributed by atoms with Crippen LogP contribution in [-0.2, 0) is 7.05 Å². The van der Waals surface area contributed by atoms with E-state index in [9.17, 15) is 4.79 Å². The monoisotopic (exact) mass is 218 g/mol. The summed E-state index contributed by atoms with van der Waals surface area (Å²) in [6, 6.07) is 3.53. The Labute approximate surface area is 93.9 Å². The van der Waals surface area contributed by atoms with Crippen molar-refractivity contribution in [2.45, 2.75) is 20.3 Å². The van der Waals surface area contributed by atoms with Crippen molar-refractivity contribution in [3.05, 3.63) is 29.8 Å². The molecule has 4 nitrogen and oxygen atoms in total. The highest BCUT2D eigenvalue weighted by Crippen LogP contribution is 2.25. The maximum absolute atomic E-state index is 11.4. The van der Waals surface area contributed by atoms with Crippen LogP contribution in [0.4, 0.5) is 0 Å². The Kier molecular flexibility index (Phi) is 2.64. The summed E-state index contributed by atoms with van der Waals surface area (Å²) in [5.74, 6) is 1.14. The van der Waals surface area contributed by atoms with Gasteiger partial charge in [-0.1, -0.05) is 6.92 Å². The van der Waals surface area contributed by atoms with Crippen molar-refractivity contribution < 1.29 is 9.21 Å². The first-order valence-electron chi connectivity index (χ1n) is 5.25. The van der Waals surface area contributed by atoms with Crippen LogP contribution < -0.4 is 0 Å². The maximum Gasteiger partial charge on any atom is 0.197 e. The number of furan rings is 1. The molecule has 0 radical (unpaired) electrons. The van der Waals surface area contributed by atoms with Crippen molar-refractivity contribution in [2.75, 3.05) is 0 Å². The second-order valence-electron chi connectivity index (χ2n) is 3.74. The Balaban J connectivity index is 2.38. The van der Waals surface area contributed by atoms with E-state index in [1.807, 2.05) is 33.2 Å². The van der Waals surface area contributed by atoms with Crippen LogP contribution in [0.15, 0.2) is 22.7 Å². The number of rotatable bonds is 3. The van der Waals surface area contributed by atoms with Crippen LogP contribution in [0, 0.1) is 6.92 Å². The lowest BCUT2D eigenvalue weighted by molar-refractivity contribution is 0.0962. The molecule has 0 saturated heterocycles. The van der Waals surface area contributed by atoms with Gasteiger partial charge in [-0.3, -0.25) is 9.48 Å². The van der Waals surface area contributed by atoms with Crippen LogP contribution in [0.1, 0.15) is 29.6 Å². The van der Waals surface area contributed by atoms with Gasteiger partial charge in [-0.05, 0) is 19.1 Å². The summed E-state index contributed by atoms with van der Waals surface area (Å²) < 4.78 is 7.24.